The Labute approximate surface area is 128 Å². The van der Waals surface area contributed by atoms with Crippen LogP contribution >= 0.6 is 12.4 Å². The van der Waals surface area contributed by atoms with Gasteiger partial charge in [0.15, 0.2) is 11.5 Å². The number of carbonyl (C=O) groups is 1. The van der Waals surface area contributed by atoms with Crippen molar-refractivity contribution in [3.63, 3.8) is 0 Å². The fourth-order valence-corrected chi connectivity index (χ4v) is 1.54. The molecule has 0 aliphatic carbocycles. The maximum absolute atomic E-state index is 12.2. The smallest absolute Gasteiger partial charge is 0.387 e. The van der Waals surface area contributed by atoms with Crippen molar-refractivity contribution in [2.45, 2.75) is 26.5 Å². The van der Waals surface area contributed by atoms with E-state index in [0.717, 1.165) is 5.56 Å². The molecule has 0 saturated carbocycles. The zero-order chi connectivity index (χ0) is 15.0. The molecule has 0 heterocycles. The van der Waals surface area contributed by atoms with Crippen LogP contribution in [0.15, 0.2) is 18.2 Å². The summed E-state index contributed by atoms with van der Waals surface area (Å²) >= 11 is 0. The fourth-order valence-electron chi connectivity index (χ4n) is 1.54. The van der Waals surface area contributed by atoms with Gasteiger partial charge in [0, 0.05) is 19.5 Å². The highest BCUT2D eigenvalue weighted by molar-refractivity contribution is 5.85. The third kappa shape index (κ3) is 7.10. The summed E-state index contributed by atoms with van der Waals surface area (Å²) in [5, 5.41) is 2.67. The van der Waals surface area contributed by atoms with Gasteiger partial charge in [-0.05, 0) is 24.6 Å². The Balaban J connectivity index is 0.00000400. The van der Waals surface area contributed by atoms with E-state index >= 15 is 0 Å². The lowest BCUT2D eigenvalue weighted by molar-refractivity contribution is -0.121. The first-order valence-corrected chi connectivity index (χ1v) is 6.24. The van der Waals surface area contributed by atoms with E-state index in [1.807, 2.05) is 0 Å². The van der Waals surface area contributed by atoms with E-state index in [2.05, 4.69) is 10.1 Å². The van der Waals surface area contributed by atoms with Gasteiger partial charge in [-0.2, -0.15) is 8.78 Å². The lowest BCUT2D eigenvalue weighted by atomic mass is 10.2. The number of rotatable bonds is 8. The van der Waals surface area contributed by atoms with Crippen molar-refractivity contribution in [2.75, 3.05) is 13.2 Å². The average molecular weight is 325 g/mol. The molecule has 5 nitrogen and oxygen atoms in total. The van der Waals surface area contributed by atoms with E-state index in [1.165, 1.54) is 6.07 Å². The molecule has 0 unspecified atom stereocenters. The average Bonchev–Trinajstić information content (AvgIpc) is 2.39. The van der Waals surface area contributed by atoms with Gasteiger partial charge < -0.3 is 20.5 Å². The molecule has 0 saturated heterocycles. The largest absolute Gasteiger partial charge is 0.490 e. The minimum absolute atomic E-state index is 0. The monoisotopic (exact) mass is 324 g/mol. The van der Waals surface area contributed by atoms with Crippen LogP contribution in [0.5, 0.6) is 11.5 Å². The molecule has 21 heavy (non-hydrogen) atoms. The first-order chi connectivity index (χ1) is 9.56. The van der Waals surface area contributed by atoms with Gasteiger partial charge in [0.2, 0.25) is 5.91 Å². The summed E-state index contributed by atoms with van der Waals surface area (Å²) in [4.78, 5) is 11.3. The van der Waals surface area contributed by atoms with Crippen LogP contribution in [0.2, 0.25) is 0 Å². The van der Waals surface area contributed by atoms with Gasteiger partial charge in [-0.3, -0.25) is 4.79 Å². The second kappa shape index (κ2) is 10.2. The summed E-state index contributed by atoms with van der Waals surface area (Å²) in [6.07, 6.45) is 0.241. The first kappa shape index (κ1) is 19.4. The van der Waals surface area contributed by atoms with E-state index in [-0.39, 0.29) is 49.3 Å². The maximum atomic E-state index is 12.2. The van der Waals surface area contributed by atoms with E-state index in [1.54, 1.807) is 19.1 Å². The Bertz CT molecular complexity index is 447. The topological polar surface area (TPSA) is 73.6 Å². The van der Waals surface area contributed by atoms with Crippen LogP contribution in [0.1, 0.15) is 18.9 Å². The van der Waals surface area contributed by atoms with Crippen molar-refractivity contribution in [3.8, 4) is 11.5 Å². The van der Waals surface area contributed by atoms with E-state index in [9.17, 15) is 13.6 Å². The number of hydrogen-bond donors (Lipinski definition) is 2. The van der Waals surface area contributed by atoms with Crippen molar-refractivity contribution in [2.24, 2.45) is 5.73 Å². The maximum Gasteiger partial charge on any atom is 0.387 e. The third-order valence-corrected chi connectivity index (χ3v) is 2.39. The number of ether oxygens (including phenoxy) is 2. The zero-order valence-corrected chi connectivity index (χ0v) is 12.4. The molecule has 0 fully saturated rings. The Morgan fingerprint density at radius 1 is 1.38 bits per heavy atom. The molecule has 0 radical (unpaired) electrons. The third-order valence-electron chi connectivity index (χ3n) is 2.39. The normalized spacial score (nSPS) is 9.95. The number of hydrogen-bond acceptors (Lipinski definition) is 4. The molecule has 3 N–H and O–H groups in total. The van der Waals surface area contributed by atoms with Crippen molar-refractivity contribution in [3.05, 3.63) is 23.8 Å². The number of carbonyl (C=O) groups excluding carboxylic acids is 1. The standard InChI is InChI=1S/C13H18F2N2O3.ClH/c1-2-19-11-7-9(8-17-12(18)5-6-16)3-4-10(11)20-13(14)15;/h3-4,7,13H,2,5-6,8,16H2,1H3,(H,17,18);1H. The molecule has 0 bridgehead atoms. The second-order valence-corrected chi connectivity index (χ2v) is 3.91. The van der Waals surface area contributed by atoms with Crippen molar-refractivity contribution in [1.29, 1.82) is 0 Å². The summed E-state index contributed by atoms with van der Waals surface area (Å²) in [5.74, 6) is 0.0237. The first-order valence-electron chi connectivity index (χ1n) is 6.24. The Hall–Kier alpha value is -1.60. The lowest BCUT2D eigenvalue weighted by Crippen LogP contribution is -2.25. The lowest BCUT2D eigenvalue weighted by Gasteiger charge is -2.13. The number of benzene rings is 1. The summed E-state index contributed by atoms with van der Waals surface area (Å²) in [7, 11) is 0. The molecular formula is C13H19ClF2N2O3. The molecule has 0 aliphatic heterocycles. The number of halogens is 3. The molecule has 120 valence electrons. The molecule has 0 aromatic heterocycles. The molecule has 1 rings (SSSR count). The number of nitrogens with two attached hydrogens (primary N) is 1. The molecule has 1 amide bonds. The Kier molecular flexibility index (Phi) is 9.40. The molecule has 0 aliphatic rings. The molecular weight excluding hydrogens is 306 g/mol. The summed E-state index contributed by atoms with van der Waals surface area (Å²) in [6, 6.07) is 4.54. The van der Waals surface area contributed by atoms with Crippen molar-refractivity contribution in [1.82, 2.24) is 5.32 Å². The fraction of sp³-hybridized carbons (Fsp3) is 0.462. The quantitative estimate of drug-likeness (QED) is 0.768. The van der Waals surface area contributed by atoms with Crippen molar-refractivity contribution < 1.29 is 23.0 Å². The highest BCUT2D eigenvalue weighted by Gasteiger charge is 2.11. The minimum atomic E-state index is -2.91. The summed E-state index contributed by atoms with van der Waals surface area (Å²) in [6.45, 7) is -0.306. The predicted octanol–water partition coefficient (Wildman–Crippen LogP) is 2.07. The van der Waals surface area contributed by atoms with Gasteiger partial charge in [-0.15, -0.1) is 12.4 Å². The van der Waals surface area contributed by atoms with Crippen LogP contribution in [0.3, 0.4) is 0 Å². The summed E-state index contributed by atoms with van der Waals surface area (Å²) in [5.41, 5.74) is 5.98. The van der Waals surface area contributed by atoms with Crippen LogP contribution in [0, 0.1) is 0 Å². The van der Waals surface area contributed by atoms with Crippen LogP contribution in [0.25, 0.3) is 0 Å². The molecule has 1 aromatic carbocycles. The van der Waals surface area contributed by atoms with E-state index in [4.69, 9.17) is 10.5 Å². The Morgan fingerprint density at radius 2 is 2.10 bits per heavy atom. The Morgan fingerprint density at radius 3 is 2.67 bits per heavy atom. The van der Waals surface area contributed by atoms with Gasteiger partial charge in [0.1, 0.15) is 0 Å². The molecule has 1 aromatic rings. The zero-order valence-electron chi connectivity index (χ0n) is 11.6. The van der Waals surface area contributed by atoms with Gasteiger partial charge >= 0.3 is 6.61 Å². The van der Waals surface area contributed by atoms with Crippen LogP contribution in [0.4, 0.5) is 8.78 Å². The number of alkyl halides is 2. The van der Waals surface area contributed by atoms with Crippen LogP contribution in [-0.2, 0) is 11.3 Å². The summed E-state index contributed by atoms with van der Waals surface area (Å²) < 4.78 is 34.1. The van der Waals surface area contributed by atoms with E-state index < -0.39 is 6.61 Å². The highest BCUT2D eigenvalue weighted by atomic mass is 35.5. The van der Waals surface area contributed by atoms with Crippen molar-refractivity contribution >= 4 is 18.3 Å². The molecule has 0 spiro atoms. The second-order valence-electron chi connectivity index (χ2n) is 3.91. The SMILES string of the molecule is CCOc1cc(CNC(=O)CCN)ccc1OC(F)F.Cl. The number of nitrogens with one attached hydrogen (secondary N) is 1. The minimum Gasteiger partial charge on any atom is -0.490 e. The number of amides is 1. The molecule has 8 heteroatoms. The van der Waals surface area contributed by atoms with Gasteiger partial charge in [0.25, 0.3) is 0 Å². The van der Waals surface area contributed by atoms with E-state index in [0.29, 0.717) is 6.61 Å². The predicted molar refractivity (Wildman–Crippen MR) is 77.0 cm³/mol. The van der Waals surface area contributed by atoms with Gasteiger partial charge in [-0.1, -0.05) is 6.07 Å². The highest BCUT2D eigenvalue weighted by Crippen LogP contribution is 2.29. The molecule has 0 atom stereocenters. The van der Waals surface area contributed by atoms with Crippen LogP contribution in [-0.4, -0.2) is 25.7 Å². The van der Waals surface area contributed by atoms with Gasteiger partial charge in [-0.25, -0.2) is 0 Å². The van der Waals surface area contributed by atoms with Crippen LogP contribution < -0.4 is 20.5 Å². The van der Waals surface area contributed by atoms with Gasteiger partial charge in [0.05, 0.1) is 6.61 Å².